The highest BCUT2D eigenvalue weighted by Crippen LogP contribution is 2.17. The lowest BCUT2D eigenvalue weighted by atomic mass is 10.1. The van der Waals surface area contributed by atoms with Crippen LogP contribution in [0.2, 0.25) is 5.02 Å². The van der Waals surface area contributed by atoms with Gasteiger partial charge < -0.3 is 21.2 Å². The molecule has 1 aromatic rings. The van der Waals surface area contributed by atoms with Crippen molar-refractivity contribution in [3.8, 4) is 0 Å². The SMILES string of the molecule is CN(C)C(=O)CNCc1ccc(/C(N)=N/O)cc1Cl. The van der Waals surface area contributed by atoms with Crippen LogP contribution in [0.25, 0.3) is 0 Å². The van der Waals surface area contributed by atoms with Crippen molar-refractivity contribution < 1.29 is 10.0 Å². The highest BCUT2D eigenvalue weighted by molar-refractivity contribution is 6.31. The third-order valence-corrected chi connectivity index (χ3v) is 2.90. The third-order valence-electron chi connectivity index (χ3n) is 2.55. The molecule has 0 bridgehead atoms. The predicted molar refractivity (Wildman–Crippen MR) is 74.4 cm³/mol. The van der Waals surface area contributed by atoms with Crippen LogP contribution in [0.5, 0.6) is 0 Å². The molecule has 1 amide bonds. The fraction of sp³-hybridized carbons (Fsp3) is 0.333. The Balaban J connectivity index is 2.63. The maximum atomic E-state index is 11.4. The quantitative estimate of drug-likeness (QED) is 0.320. The Morgan fingerprint density at radius 1 is 1.53 bits per heavy atom. The number of rotatable bonds is 5. The highest BCUT2D eigenvalue weighted by atomic mass is 35.5. The monoisotopic (exact) mass is 284 g/mol. The van der Waals surface area contributed by atoms with E-state index in [1.807, 2.05) is 0 Å². The van der Waals surface area contributed by atoms with E-state index in [4.69, 9.17) is 22.5 Å². The molecule has 19 heavy (non-hydrogen) atoms. The maximum Gasteiger partial charge on any atom is 0.236 e. The highest BCUT2D eigenvalue weighted by Gasteiger charge is 2.07. The molecule has 4 N–H and O–H groups in total. The summed E-state index contributed by atoms with van der Waals surface area (Å²) in [4.78, 5) is 12.9. The van der Waals surface area contributed by atoms with E-state index < -0.39 is 0 Å². The minimum absolute atomic E-state index is 0.00388. The second-order valence-electron chi connectivity index (χ2n) is 4.18. The average molecular weight is 285 g/mol. The summed E-state index contributed by atoms with van der Waals surface area (Å²) in [5.41, 5.74) is 6.84. The van der Waals surface area contributed by atoms with E-state index in [1.165, 1.54) is 4.90 Å². The third kappa shape index (κ3) is 4.42. The summed E-state index contributed by atoms with van der Waals surface area (Å²) < 4.78 is 0. The molecule has 1 aromatic carbocycles. The fourth-order valence-corrected chi connectivity index (χ4v) is 1.62. The zero-order valence-corrected chi connectivity index (χ0v) is 11.6. The lowest BCUT2D eigenvalue weighted by Crippen LogP contribution is -2.32. The second-order valence-corrected chi connectivity index (χ2v) is 4.59. The van der Waals surface area contributed by atoms with E-state index >= 15 is 0 Å². The molecule has 7 heteroatoms. The van der Waals surface area contributed by atoms with Crippen molar-refractivity contribution in [1.82, 2.24) is 10.2 Å². The van der Waals surface area contributed by atoms with Crippen molar-refractivity contribution in [1.29, 1.82) is 0 Å². The summed E-state index contributed by atoms with van der Waals surface area (Å²) in [6.07, 6.45) is 0. The molecule has 0 unspecified atom stereocenters. The van der Waals surface area contributed by atoms with Crippen LogP contribution in [0, 0.1) is 0 Å². The van der Waals surface area contributed by atoms with Crippen molar-refractivity contribution in [2.75, 3.05) is 20.6 Å². The van der Waals surface area contributed by atoms with Gasteiger partial charge in [-0.15, -0.1) is 0 Å². The largest absolute Gasteiger partial charge is 0.409 e. The van der Waals surface area contributed by atoms with Gasteiger partial charge in [-0.05, 0) is 11.6 Å². The topological polar surface area (TPSA) is 91.0 Å². The molecule has 0 aliphatic heterocycles. The summed E-state index contributed by atoms with van der Waals surface area (Å²) in [6, 6.07) is 5.08. The van der Waals surface area contributed by atoms with Crippen molar-refractivity contribution in [2.24, 2.45) is 10.9 Å². The van der Waals surface area contributed by atoms with Gasteiger partial charge in [-0.1, -0.05) is 28.9 Å². The summed E-state index contributed by atoms with van der Waals surface area (Å²) >= 11 is 6.08. The number of hydrogen-bond donors (Lipinski definition) is 3. The standard InChI is InChI=1S/C12H17ClN4O2/c1-17(2)11(18)7-15-6-9-4-3-8(5-10(9)13)12(14)16-19/h3-5,15,19H,6-7H2,1-2H3,(H2,14,16). The number of carbonyl (C=O) groups is 1. The number of carbonyl (C=O) groups excluding carboxylic acids is 1. The molecule has 0 aliphatic rings. The van der Waals surface area contributed by atoms with Crippen LogP contribution in [-0.4, -0.2) is 42.5 Å². The molecule has 1 rings (SSSR count). The van der Waals surface area contributed by atoms with Crippen LogP contribution < -0.4 is 11.1 Å². The number of nitrogens with zero attached hydrogens (tertiary/aromatic N) is 2. The molecule has 0 saturated heterocycles. The molecule has 0 fully saturated rings. The fourth-order valence-electron chi connectivity index (χ4n) is 1.37. The summed E-state index contributed by atoms with van der Waals surface area (Å²) in [6.45, 7) is 0.709. The number of oxime groups is 1. The zero-order chi connectivity index (χ0) is 14.4. The summed E-state index contributed by atoms with van der Waals surface area (Å²) in [5, 5.41) is 15.0. The van der Waals surface area contributed by atoms with Crippen molar-refractivity contribution in [3.63, 3.8) is 0 Å². The van der Waals surface area contributed by atoms with Gasteiger partial charge in [-0.25, -0.2) is 0 Å². The van der Waals surface area contributed by atoms with E-state index in [0.717, 1.165) is 5.56 Å². The summed E-state index contributed by atoms with van der Waals surface area (Å²) in [5.74, 6) is -0.00593. The first-order chi connectivity index (χ1) is 8.95. The van der Waals surface area contributed by atoms with E-state index in [9.17, 15) is 4.79 Å². The van der Waals surface area contributed by atoms with E-state index in [1.54, 1.807) is 32.3 Å². The molecule has 104 valence electrons. The molecule has 0 atom stereocenters. The molecule has 0 spiro atoms. The maximum absolute atomic E-state index is 11.4. The lowest BCUT2D eigenvalue weighted by Gasteiger charge is -2.11. The molecule has 0 aliphatic carbocycles. The number of hydrogen-bond acceptors (Lipinski definition) is 4. The van der Waals surface area contributed by atoms with Crippen molar-refractivity contribution in [3.05, 3.63) is 34.3 Å². The predicted octanol–water partition coefficient (Wildman–Crippen LogP) is 0.612. The van der Waals surface area contributed by atoms with Gasteiger partial charge in [0.15, 0.2) is 5.84 Å². The Bertz CT molecular complexity index is 489. The molecule has 0 heterocycles. The molecule has 6 nitrogen and oxygen atoms in total. The Morgan fingerprint density at radius 3 is 2.74 bits per heavy atom. The molecule has 0 aromatic heterocycles. The van der Waals surface area contributed by atoms with E-state index in [-0.39, 0.29) is 18.3 Å². The van der Waals surface area contributed by atoms with Crippen LogP contribution in [0.3, 0.4) is 0 Å². The summed E-state index contributed by atoms with van der Waals surface area (Å²) in [7, 11) is 3.39. The minimum atomic E-state index is -0.00981. The Kier molecular flexibility index (Phi) is 5.59. The van der Waals surface area contributed by atoms with Crippen LogP contribution >= 0.6 is 11.6 Å². The van der Waals surface area contributed by atoms with Gasteiger partial charge >= 0.3 is 0 Å². The Morgan fingerprint density at radius 2 is 2.21 bits per heavy atom. The number of nitrogens with two attached hydrogens (primary N) is 1. The smallest absolute Gasteiger partial charge is 0.236 e. The van der Waals surface area contributed by atoms with Crippen LogP contribution in [0.15, 0.2) is 23.4 Å². The number of halogens is 1. The van der Waals surface area contributed by atoms with Gasteiger partial charge in [0.1, 0.15) is 0 Å². The molecule has 0 radical (unpaired) electrons. The van der Waals surface area contributed by atoms with Crippen molar-refractivity contribution in [2.45, 2.75) is 6.54 Å². The molecular formula is C12H17ClN4O2. The minimum Gasteiger partial charge on any atom is -0.409 e. The number of amidine groups is 1. The van der Waals surface area contributed by atoms with Gasteiger partial charge in [-0.2, -0.15) is 0 Å². The van der Waals surface area contributed by atoms with Crippen LogP contribution in [0.4, 0.5) is 0 Å². The average Bonchev–Trinajstić information content (AvgIpc) is 2.39. The number of likely N-dealkylation sites (N-methyl/N-ethyl adjacent to an activating group) is 1. The molecule has 0 saturated carbocycles. The number of amides is 1. The Hall–Kier alpha value is -1.79. The van der Waals surface area contributed by atoms with Gasteiger partial charge in [-0.3, -0.25) is 4.79 Å². The normalized spacial score (nSPS) is 11.4. The van der Waals surface area contributed by atoms with Gasteiger partial charge in [0.2, 0.25) is 5.91 Å². The van der Waals surface area contributed by atoms with E-state index in [0.29, 0.717) is 17.1 Å². The first-order valence-corrected chi connectivity index (χ1v) is 6.00. The first kappa shape index (κ1) is 15.3. The number of benzene rings is 1. The van der Waals surface area contributed by atoms with Gasteiger partial charge in [0, 0.05) is 31.2 Å². The second kappa shape index (κ2) is 6.96. The Labute approximate surface area is 116 Å². The van der Waals surface area contributed by atoms with Crippen LogP contribution in [-0.2, 0) is 11.3 Å². The van der Waals surface area contributed by atoms with Gasteiger partial charge in [0.25, 0.3) is 0 Å². The van der Waals surface area contributed by atoms with Crippen molar-refractivity contribution >= 4 is 23.3 Å². The number of nitrogens with one attached hydrogen (secondary N) is 1. The molecular weight excluding hydrogens is 268 g/mol. The zero-order valence-electron chi connectivity index (χ0n) is 10.9. The first-order valence-electron chi connectivity index (χ1n) is 5.63. The van der Waals surface area contributed by atoms with E-state index in [2.05, 4.69) is 10.5 Å². The van der Waals surface area contributed by atoms with Crippen LogP contribution in [0.1, 0.15) is 11.1 Å². The lowest BCUT2D eigenvalue weighted by molar-refractivity contribution is -0.127. The van der Waals surface area contributed by atoms with Gasteiger partial charge in [0.05, 0.1) is 6.54 Å².